The van der Waals surface area contributed by atoms with E-state index in [0.717, 1.165) is 12.3 Å². The third-order valence-electron chi connectivity index (χ3n) is 3.07. The van der Waals surface area contributed by atoms with Gasteiger partial charge < -0.3 is 4.52 Å². The van der Waals surface area contributed by atoms with Crippen molar-refractivity contribution in [3.05, 3.63) is 30.3 Å². The molecule has 1 aliphatic carbocycles. The Labute approximate surface area is 110 Å². The zero-order valence-corrected chi connectivity index (χ0v) is 12.2. The molecule has 0 saturated heterocycles. The van der Waals surface area contributed by atoms with E-state index in [-0.39, 0.29) is 7.35 Å². The molecule has 1 atom stereocenters. The second kappa shape index (κ2) is 7.41. The van der Waals surface area contributed by atoms with Gasteiger partial charge in [0.2, 0.25) is 0 Å². The summed E-state index contributed by atoms with van der Waals surface area (Å²) in [4.78, 5) is 1.36. The highest BCUT2D eigenvalue weighted by Gasteiger charge is 2.25. The first-order chi connectivity index (χ1) is 8.40. The van der Waals surface area contributed by atoms with Gasteiger partial charge in [-0.05, 0) is 31.9 Å². The molecule has 0 spiro atoms. The highest BCUT2D eigenvalue weighted by atomic mass is 32.7. The van der Waals surface area contributed by atoms with Crippen LogP contribution >= 0.6 is 18.7 Å². The summed E-state index contributed by atoms with van der Waals surface area (Å²) >= 11 is 1.96. The molecule has 1 fully saturated rings. The minimum absolute atomic E-state index is 0.339. The summed E-state index contributed by atoms with van der Waals surface area (Å²) in [6.07, 6.45) is 6.94. The van der Waals surface area contributed by atoms with E-state index in [1.807, 2.05) is 11.4 Å². The molecule has 1 unspecified atom stereocenters. The van der Waals surface area contributed by atoms with Gasteiger partial charge in [0.1, 0.15) is 0 Å². The molecule has 0 amide bonds. The molecule has 0 aromatic heterocycles. The van der Waals surface area contributed by atoms with Gasteiger partial charge in [-0.25, -0.2) is 0 Å². The van der Waals surface area contributed by atoms with Crippen molar-refractivity contribution in [1.82, 2.24) is 0 Å². The van der Waals surface area contributed by atoms with Crippen LogP contribution in [0.2, 0.25) is 0 Å². The van der Waals surface area contributed by atoms with E-state index in [1.165, 1.54) is 37.0 Å². The van der Waals surface area contributed by atoms with Crippen LogP contribution in [0, 0.1) is 0 Å². The second-order valence-corrected chi connectivity index (χ2v) is 8.24. The van der Waals surface area contributed by atoms with Gasteiger partial charge in [0.25, 0.3) is 0 Å². The van der Waals surface area contributed by atoms with Gasteiger partial charge in [-0.3, -0.25) is 0 Å². The lowest BCUT2D eigenvalue weighted by Gasteiger charge is -2.28. The van der Waals surface area contributed by atoms with Crippen molar-refractivity contribution < 1.29 is 4.52 Å². The minimum Gasteiger partial charge on any atom is -0.348 e. The maximum Gasteiger partial charge on any atom is 0.0967 e. The Balaban J connectivity index is 1.96. The summed E-state index contributed by atoms with van der Waals surface area (Å²) in [6.45, 7) is 2.96. The van der Waals surface area contributed by atoms with Crippen molar-refractivity contribution in [2.24, 2.45) is 0 Å². The summed E-state index contributed by atoms with van der Waals surface area (Å²) in [6, 6.07) is 10.7. The Morgan fingerprint density at radius 2 is 1.88 bits per heavy atom. The number of hydrogen-bond donors (Lipinski definition) is 0. The summed E-state index contributed by atoms with van der Waals surface area (Å²) in [5, 5.41) is 0. The molecule has 2 rings (SSSR count). The predicted octanol–water partition coefficient (Wildman–Crippen LogP) is 5.46. The highest BCUT2D eigenvalue weighted by molar-refractivity contribution is 8.54. The maximum atomic E-state index is 6.01. The Hall–Kier alpha value is -0.0400. The summed E-state index contributed by atoms with van der Waals surface area (Å²) in [5.74, 6) is 0. The molecule has 0 aliphatic heterocycles. The second-order valence-electron chi connectivity index (χ2n) is 4.40. The first kappa shape index (κ1) is 13.4. The van der Waals surface area contributed by atoms with E-state index >= 15 is 0 Å². The molecular weight excluding hydrogens is 247 g/mol. The zero-order valence-electron chi connectivity index (χ0n) is 10.5. The highest BCUT2D eigenvalue weighted by Crippen LogP contribution is 2.61. The lowest BCUT2D eigenvalue weighted by atomic mass is 10.0. The monoisotopic (exact) mass is 268 g/mol. The van der Waals surface area contributed by atoms with Gasteiger partial charge in [-0.15, -0.1) is 0 Å². The minimum atomic E-state index is -0.339. The van der Waals surface area contributed by atoms with Gasteiger partial charge in [0.15, 0.2) is 0 Å². The van der Waals surface area contributed by atoms with Gasteiger partial charge in [0, 0.05) is 17.2 Å². The lowest BCUT2D eigenvalue weighted by molar-refractivity contribution is 0.370. The van der Waals surface area contributed by atoms with Crippen molar-refractivity contribution in [2.45, 2.75) is 49.6 Å². The molecule has 0 heterocycles. The van der Waals surface area contributed by atoms with Crippen LogP contribution in [0.25, 0.3) is 0 Å². The van der Waals surface area contributed by atoms with Crippen molar-refractivity contribution in [1.29, 1.82) is 0 Å². The van der Waals surface area contributed by atoms with Gasteiger partial charge in [-0.1, -0.05) is 48.8 Å². The number of hydrogen-bond acceptors (Lipinski definition) is 2. The Bertz CT molecular complexity index is 311. The fraction of sp³-hybridized carbons (Fsp3) is 0.571. The predicted molar refractivity (Wildman–Crippen MR) is 77.7 cm³/mol. The van der Waals surface area contributed by atoms with Crippen LogP contribution < -0.4 is 0 Å². The van der Waals surface area contributed by atoms with Gasteiger partial charge in [-0.2, -0.15) is 0 Å². The maximum absolute atomic E-state index is 6.01. The Kier molecular flexibility index (Phi) is 5.84. The molecule has 0 radical (unpaired) electrons. The molecule has 17 heavy (non-hydrogen) atoms. The first-order valence-corrected chi connectivity index (χ1v) is 9.30. The van der Waals surface area contributed by atoms with E-state index in [2.05, 4.69) is 37.3 Å². The van der Waals surface area contributed by atoms with Crippen LogP contribution in [0.1, 0.15) is 39.0 Å². The topological polar surface area (TPSA) is 9.23 Å². The quantitative estimate of drug-likeness (QED) is 0.656. The average Bonchev–Trinajstić information content (AvgIpc) is 2.40. The summed E-state index contributed by atoms with van der Waals surface area (Å²) in [7, 11) is -0.339. The third-order valence-corrected chi connectivity index (χ3v) is 7.74. The van der Waals surface area contributed by atoms with Crippen molar-refractivity contribution in [3.63, 3.8) is 0 Å². The fourth-order valence-corrected chi connectivity index (χ4v) is 6.69. The zero-order chi connectivity index (χ0) is 11.9. The molecule has 1 aromatic rings. The fourth-order valence-electron chi connectivity index (χ4n) is 2.21. The third kappa shape index (κ3) is 4.28. The van der Waals surface area contributed by atoms with Crippen LogP contribution in [-0.2, 0) is 4.52 Å². The van der Waals surface area contributed by atoms with Crippen LogP contribution in [0.4, 0.5) is 0 Å². The van der Waals surface area contributed by atoms with E-state index in [0.29, 0.717) is 0 Å². The molecule has 1 aliphatic rings. The van der Waals surface area contributed by atoms with E-state index in [4.69, 9.17) is 4.52 Å². The Morgan fingerprint density at radius 3 is 2.53 bits per heavy atom. The van der Waals surface area contributed by atoms with E-state index < -0.39 is 0 Å². The smallest absolute Gasteiger partial charge is 0.0967 e. The molecule has 1 saturated carbocycles. The largest absolute Gasteiger partial charge is 0.348 e. The first-order valence-electron chi connectivity index (χ1n) is 6.55. The molecule has 94 valence electrons. The normalized spacial score (nSPS) is 19.1. The van der Waals surface area contributed by atoms with Crippen LogP contribution in [0.3, 0.4) is 0 Å². The van der Waals surface area contributed by atoms with E-state index in [9.17, 15) is 0 Å². The van der Waals surface area contributed by atoms with Crippen molar-refractivity contribution in [3.8, 4) is 0 Å². The average molecular weight is 268 g/mol. The molecule has 0 N–H and O–H groups in total. The van der Waals surface area contributed by atoms with E-state index in [1.54, 1.807) is 0 Å². The molecular formula is C14H21OPS. The van der Waals surface area contributed by atoms with Crippen LogP contribution in [0.5, 0.6) is 0 Å². The van der Waals surface area contributed by atoms with Gasteiger partial charge in [0.05, 0.1) is 7.35 Å². The standard InChI is InChI=1S/C14H21OPS/c1-2-15-16(13-9-5-3-6-10-13)17-14-11-7-4-8-12-14/h4,7-8,11-13H,2-3,5-6,9-10H2,1H3. The lowest BCUT2D eigenvalue weighted by Crippen LogP contribution is -2.10. The molecule has 1 nitrogen and oxygen atoms in total. The van der Waals surface area contributed by atoms with Gasteiger partial charge >= 0.3 is 0 Å². The number of rotatable bonds is 5. The summed E-state index contributed by atoms with van der Waals surface area (Å²) in [5.41, 5.74) is 0.809. The molecule has 1 aromatic carbocycles. The van der Waals surface area contributed by atoms with Crippen LogP contribution in [-0.4, -0.2) is 12.3 Å². The van der Waals surface area contributed by atoms with Crippen LogP contribution in [0.15, 0.2) is 35.2 Å². The molecule has 0 bridgehead atoms. The van der Waals surface area contributed by atoms with Crippen molar-refractivity contribution in [2.75, 3.05) is 6.61 Å². The Morgan fingerprint density at radius 1 is 1.18 bits per heavy atom. The number of benzene rings is 1. The molecule has 3 heteroatoms. The SMILES string of the molecule is CCOP(Sc1ccccc1)C1CCCCC1. The van der Waals surface area contributed by atoms with Crippen molar-refractivity contribution >= 4 is 18.7 Å². The summed E-state index contributed by atoms with van der Waals surface area (Å²) < 4.78 is 6.01.